The molecule has 1 aromatic heterocycles. The summed E-state index contributed by atoms with van der Waals surface area (Å²) >= 11 is 0. The van der Waals surface area contributed by atoms with Crippen molar-refractivity contribution in [1.82, 2.24) is 0 Å². The summed E-state index contributed by atoms with van der Waals surface area (Å²) in [5.41, 5.74) is 0. The average molecular weight is 260 g/mol. The van der Waals surface area contributed by atoms with E-state index in [1.165, 1.54) is 57.8 Å². The number of unbranched alkanes of at least 4 members (excludes halogenated alkanes) is 8. The van der Waals surface area contributed by atoms with Crippen LogP contribution in [0.2, 0.25) is 0 Å². The summed E-state index contributed by atoms with van der Waals surface area (Å²) in [6.45, 7) is 2.10. The van der Waals surface area contributed by atoms with E-state index in [1.54, 1.807) is 6.26 Å². The first-order valence-corrected chi connectivity index (χ1v) is 7.74. The summed E-state index contributed by atoms with van der Waals surface area (Å²) in [5, 5.41) is 0. The van der Waals surface area contributed by atoms with Gasteiger partial charge in [-0.05, 0) is 50.8 Å². The molecule has 0 aliphatic carbocycles. The first-order valence-electron chi connectivity index (χ1n) is 7.74. The van der Waals surface area contributed by atoms with Gasteiger partial charge in [0.25, 0.3) is 0 Å². The van der Waals surface area contributed by atoms with Crippen LogP contribution in [0.5, 0.6) is 0 Å². The normalized spacial score (nSPS) is 11.8. The Kier molecular flexibility index (Phi) is 9.85. The van der Waals surface area contributed by atoms with E-state index in [1.807, 2.05) is 12.1 Å². The van der Waals surface area contributed by atoms with E-state index >= 15 is 0 Å². The number of allylic oxidation sites excluding steroid dienone is 3. The quantitative estimate of drug-likeness (QED) is 0.332. The highest BCUT2D eigenvalue weighted by Crippen LogP contribution is 2.11. The average Bonchev–Trinajstić information content (AvgIpc) is 2.93. The summed E-state index contributed by atoms with van der Waals surface area (Å²) in [7, 11) is 0. The largest absolute Gasteiger partial charge is 0.465 e. The monoisotopic (exact) mass is 260 g/mol. The molecule has 0 bridgehead atoms. The van der Waals surface area contributed by atoms with E-state index in [0.29, 0.717) is 0 Å². The van der Waals surface area contributed by atoms with Gasteiger partial charge in [0.1, 0.15) is 5.76 Å². The van der Waals surface area contributed by atoms with Crippen LogP contribution >= 0.6 is 0 Å². The zero-order chi connectivity index (χ0) is 13.6. The van der Waals surface area contributed by atoms with Crippen molar-refractivity contribution in [2.45, 2.75) is 64.7 Å². The van der Waals surface area contributed by atoms with Crippen LogP contribution < -0.4 is 0 Å². The third-order valence-electron chi connectivity index (χ3n) is 3.30. The standard InChI is InChI=1S/C18H28O/c1-2-3-4-5-6-7-8-9-10-11-12-13-15-18-16-14-17-19-18/h2-3,13-17H,4-12H2,1H3/b3-2+,15-13+. The smallest absolute Gasteiger partial charge is 0.126 e. The van der Waals surface area contributed by atoms with Crippen LogP contribution in [-0.4, -0.2) is 0 Å². The predicted molar refractivity (Wildman–Crippen MR) is 84.1 cm³/mol. The van der Waals surface area contributed by atoms with Crippen molar-refractivity contribution in [3.63, 3.8) is 0 Å². The van der Waals surface area contributed by atoms with Crippen LogP contribution in [0.1, 0.15) is 70.5 Å². The Morgan fingerprint density at radius 2 is 1.53 bits per heavy atom. The van der Waals surface area contributed by atoms with Crippen LogP contribution in [0.15, 0.2) is 41.0 Å². The molecule has 0 aromatic carbocycles. The Hall–Kier alpha value is -1.24. The van der Waals surface area contributed by atoms with E-state index in [-0.39, 0.29) is 0 Å². The van der Waals surface area contributed by atoms with Gasteiger partial charge in [0.15, 0.2) is 0 Å². The predicted octanol–water partition coefficient (Wildman–Crippen LogP) is 6.38. The minimum atomic E-state index is 0.959. The molecule has 1 aromatic rings. The van der Waals surface area contributed by atoms with Gasteiger partial charge in [0, 0.05) is 0 Å². The summed E-state index contributed by atoms with van der Waals surface area (Å²) < 4.78 is 5.24. The van der Waals surface area contributed by atoms with Gasteiger partial charge < -0.3 is 4.42 Å². The van der Waals surface area contributed by atoms with Crippen LogP contribution in [0.4, 0.5) is 0 Å². The minimum Gasteiger partial charge on any atom is -0.465 e. The van der Waals surface area contributed by atoms with Crippen molar-refractivity contribution < 1.29 is 4.42 Å². The summed E-state index contributed by atoms with van der Waals surface area (Å²) in [4.78, 5) is 0. The van der Waals surface area contributed by atoms with Gasteiger partial charge in [-0.1, -0.05) is 50.3 Å². The summed E-state index contributed by atoms with van der Waals surface area (Å²) in [6.07, 6.45) is 22.5. The van der Waals surface area contributed by atoms with Crippen molar-refractivity contribution in [1.29, 1.82) is 0 Å². The molecule has 0 aliphatic heterocycles. The molecular formula is C18H28O. The van der Waals surface area contributed by atoms with E-state index in [2.05, 4.69) is 31.2 Å². The first kappa shape index (κ1) is 15.8. The van der Waals surface area contributed by atoms with Crippen LogP contribution in [-0.2, 0) is 0 Å². The molecule has 0 saturated carbocycles. The topological polar surface area (TPSA) is 13.1 Å². The highest BCUT2D eigenvalue weighted by atomic mass is 16.3. The molecule has 1 heterocycles. The fourth-order valence-electron chi connectivity index (χ4n) is 2.16. The molecule has 0 fully saturated rings. The van der Waals surface area contributed by atoms with E-state index in [0.717, 1.165) is 5.76 Å². The number of furan rings is 1. The Bertz CT molecular complexity index is 333. The highest BCUT2D eigenvalue weighted by molar-refractivity contribution is 5.41. The SMILES string of the molecule is C/C=C/CCCCCCCCC/C=C/c1ccco1. The molecule has 0 atom stereocenters. The molecule has 106 valence electrons. The molecule has 0 spiro atoms. The third kappa shape index (κ3) is 9.35. The van der Waals surface area contributed by atoms with Crippen LogP contribution in [0.3, 0.4) is 0 Å². The third-order valence-corrected chi connectivity index (χ3v) is 3.30. The zero-order valence-electron chi connectivity index (χ0n) is 12.3. The molecule has 0 aliphatic rings. The van der Waals surface area contributed by atoms with Crippen molar-refractivity contribution in [2.75, 3.05) is 0 Å². The van der Waals surface area contributed by atoms with Gasteiger partial charge in [-0.25, -0.2) is 0 Å². The molecule has 0 N–H and O–H groups in total. The van der Waals surface area contributed by atoms with Crippen molar-refractivity contribution in [3.8, 4) is 0 Å². The summed E-state index contributed by atoms with van der Waals surface area (Å²) in [6, 6.07) is 3.92. The lowest BCUT2D eigenvalue weighted by molar-refractivity contribution is 0.556. The Morgan fingerprint density at radius 3 is 2.11 bits per heavy atom. The van der Waals surface area contributed by atoms with Gasteiger partial charge in [0.2, 0.25) is 0 Å². The molecule has 0 saturated heterocycles. The zero-order valence-corrected chi connectivity index (χ0v) is 12.3. The second-order valence-corrected chi connectivity index (χ2v) is 5.04. The maximum Gasteiger partial charge on any atom is 0.126 e. The van der Waals surface area contributed by atoms with Crippen LogP contribution in [0.25, 0.3) is 6.08 Å². The molecule has 0 radical (unpaired) electrons. The van der Waals surface area contributed by atoms with Crippen molar-refractivity contribution in [2.24, 2.45) is 0 Å². The highest BCUT2D eigenvalue weighted by Gasteiger charge is 1.91. The Balaban J connectivity index is 1.81. The fraction of sp³-hybridized carbons (Fsp3) is 0.556. The first-order chi connectivity index (χ1) is 9.43. The number of rotatable bonds is 11. The minimum absolute atomic E-state index is 0.959. The van der Waals surface area contributed by atoms with E-state index in [9.17, 15) is 0 Å². The lowest BCUT2D eigenvalue weighted by Crippen LogP contribution is -1.80. The summed E-state index contributed by atoms with van der Waals surface area (Å²) in [5.74, 6) is 0.959. The van der Waals surface area contributed by atoms with Crippen molar-refractivity contribution in [3.05, 3.63) is 42.4 Å². The van der Waals surface area contributed by atoms with Gasteiger partial charge >= 0.3 is 0 Å². The van der Waals surface area contributed by atoms with Gasteiger partial charge in [-0.3, -0.25) is 0 Å². The Labute approximate surface area is 118 Å². The van der Waals surface area contributed by atoms with E-state index < -0.39 is 0 Å². The number of hydrogen-bond donors (Lipinski definition) is 0. The van der Waals surface area contributed by atoms with Gasteiger partial charge in [-0.2, -0.15) is 0 Å². The molecule has 1 heteroatoms. The molecule has 1 rings (SSSR count). The molecule has 0 unspecified atom stereocenters. The second-order valence-electron chi connectivity index (χ2n) is 5.04. The molecule has 19 heavy (non-hydrogen) atoms. The second kappa shape index (κ2) is 11.8. The van der Waals surface area contributed by atoms with Gasteiger partial charge in [0.05, 0.1) is 6.26 Å². The maximum atomic E-state index is 5.24. The van der Waals surface area contributed by atoms with Gasteiger partial charge in [-0.15, -0.1) is 0 Å². The lowest BCUT2D eigenvalue weighted by Gasteiger charge is -2.00. The van der Waals surface area contributed by atoms with E-state index in [4.69, 9.17) is 4.42 Å². The number of hydrogen-bond acceptors (Lipinski definition) is 1. The molecule has 1 nitrogen and oxygen atoms in total. The Morgan fingerprint density at radius 1 is 0.895 bits per heavy atom. The fourth-order valence-corrected chi connectivity index (χ4v) is 2.16. The molecular weight excluding hydrogens is 232 g/mol. The van der Waals surface area contributed by atoms with Crippen molar-refractivity contribution >= 4 is 6.08 Å². The van der Waals surface area contributed by atoms with Crippen LogP contribution in [0, 0.1) is 0 Å². The lowest BCUT2D eigenvalue weighted by atomic mass is 10.1. The molecule has 0 amide bonds. The maximum absolute atomic E-state index is 5.24.